The minimum Gasteiger partial charge on any atom is -0.383 e. The number of hydrogen-bond acceptors (Lipinski definition) is 5. The van der Waals surface area contributed by atoms with E-state index in [-0.39, 0.29) is 6.04 Å². The molecule has 0 aliphatic rings. The summed E-state index contributed by atoms with van der Waals surface area (Å²) in [6.45, 7) is 3.52. The van der Waals surface area contributed by atoms with Gasteiger partial charge in [0.05, 0.1) is 42.3 Å². The number of nitrogens with zero attached hydrogens (tertiary/aromatic N) is 3. The lowest BCUT2D eigenvalue weighted by Crippen LogP contribution is -2.06. The first-order valence-corrected chi connectivity index (χ1v) is 6.40. The highest BCUT2D eigenvalue weighted by Gasteiger charge is 2.08. The zero-order valence-electron chi connectivity index (χ0n) is 9.96. The molecule has 5 nitrogen and oxygen atoms in total. The minimum atomic E-state index is 0.196. The Morgan fingerprint density at radius 1 is 1.59 bits per heavy atom. The predicted molar refractivity (Wildman–Crippen MR) is 68.3 cm³/mol. The maximum atomic E-state index is 5.01. The van der Waals surface area contributed by atoms with Crippen LogP contribution in [-0.4, -0.2) is 28.5 Å². The van der Waals surface area contributed by atoms with Crippen molar-refractivity contribution in [3.05, 3.63) is 29.0 Å². The molecule has 17 heavy (non-hydrogen) atoms. The summed E-state index contributed by atoms with van der Waals surface area (Å²) in [7, 11) is 1.69. The first kappa shape index (κ1) is 12.1. The Kier molecular flexibility index (Phi) is 4.11. The van der Waals surface area contributed by atoms with E-state index < -0.39 is 0 Å². The maximum Gasteiger partial charge on any atom is 0.0795 e. The molecule has 2 rings (SSSR count). The second kappa shape index (κ2) is 5.79. The van der Waals surface area contributed by atoms with E-state index in [4.69, 9.17) is 4.74 Å². The molecular weight excluding hydrogens is 236 g/mol. The van der Waals surface area contributed by atoms with E-state index in [2.05, 4.69) is 22.3 Å². The summed E-state index contributed by atoms with van der Waals surface area (Å²) >= 11 is 1.61. The van der Waals surface area contributed by atoms with Crippen molar-refractivity contribution in [1.29, 1.82) is 0 Å². The molecule has 0 amide bonds. The Hall–Kier alpha value is -1.40. The van der Waals surface area contributed by atoms with Crippen LogP contribution < -0.4 is 5.32 Å². The zero-order chi connectivity index (χ0) is 12.1. The van der Waals surface area contributed by atoms with Crippen LogP contribution in [0.1, 0.15) is 18.7 Å². The van der Waals surface area contributed by atoms with E-state index in [1.165, 1.54) is 0 Å². The molecule has 2 aromatic rings. The Bertz CT molecular complexity index is 440. The molecule has 1 N–H and O–H groups in total. The summed E-state index contributed by atoms with van der Waals surface area (Å²) in [6, 6.07) is 0.196. The number of aromatic nitrogens is 3. The van der Waals surface area contributed by atoms with Crippen molar-refractivity contribution in [3.8, 4) is 0 Å². The van der Waals surface area contributed by atoms with E-state index in [9.17, 15) is 0 Å². The molecule has 0 spiro atoms. The van der Waals surface area contributed by atoms with Crippen molar-refractivity contribution in [2.75, 3.05) is 19.0 Å². The lowest BCUT2D eigenvalue weighted by Gasteiger charge is -2.10. The zero-order valence-corrected chi connectivity index (χ0v) is 10.8. The summed E-state index contributed by atoms with van der Waals surface area (Å²) in [5.74, 6) is 0. The molecule has 0 aliphatic carbocycles. The van der Waals surface area contributed by atoms with Crippen molar-refractivity contribution in [1.82, 2.24) is 14.8 Å². The molecule has 0 aliphatic heterocycles. The topological polar surface area (TPSA) is 52.0 Å². The average molecular weight is 252 g/mol. The van der Waals surface area contributed by atoms with E-state index in [0.29, 0.717) is 6.61 Å². The van der Waals surface area contributed by atoms with Gasteiger partial charge >= 0.3 is 0 Å². The molecule has 0 aromatic carbocycles. The van der Waals surface area contributed by atoms with Gasteiger partial charge in [-0.3, -0.25) is 4.68 Å². The van der Waals surface area contributed by atoms with Crippen LogP contribution in [0.15, 0.2) is 23.3 Å². The highest BCUT2D eigenvalue weighted by Crippen LogP contribution is 2.18. The van der Waals surface area contributed by atoms with Gasteiger partial charge in [-0.1, -0.05) is 0 Å². The minimum absolute atomic E-state index is 0.196. The number of thiazole rings is 1. The molecule has 0 radical (unpaired) electrons. The van der Waals surface area contributed by atoms with Crippen LogP contribution >= 0.6 is 11.3 Å². The van der Waals surface area contributed by atoms with Crippen LogP contribution in [0, 0.1) is 0 Å². The number of ether oxygens (including phenoxy) is 1. The largest absolute Gasteiger partial charge is 0.383 e. The fourth-order valence-corrected chi connectivity index (χ4v) is 2.15. The van der Waals surface area contributed by atoms with Gasteiger partial charge in [0, 0.05) is 18.7 Å². The van der Waals surface area contributed by atoms with Crippen molar-refractivity contribution < 1.29 is 4.74 Å². The van der Waals surface area contributed by atoms with Gasteiger partial charge in [-0.15, -0.1) is 11.3 Å². The van der Waals surface area contributed by atoms with Crippen LogP contribution in [0.5, 0.6) is 0 Å². The van der Waals surface area contributed by atoms with Crippen molar-refractivity contribution >= 4 is 17.0 Å². The predicted octanol–water partition coefficient (Wildman–Crippen LogP) is 2.16. The van der Waals surface area contributed by atoms with Crippen molar-refractivity contribution in [3.63, 3.8) is 0 Å². The Morgan fingerprint density at radius 2 is 2.47 bits per heavy atom. The summed E-state index contributed by atoms with van der Waals surface area (Å²) in [5, 5.41) is 9.65. The first-order valence-electron chi connectivity index (χ1n) is 5.45. The monoisotopic (exact) mass is 252 g/mol. The highest BCUT2D eigenvalue weighted by atomic mass is 32.1. The van der Waals surface area contributed by atoms with Crippen LogP contribution in [0.2, 0.25) is 0 Å². The maximum absolute atomic E-state index is 5.01. The molecule has 0 bridgehead atoms. The molecular formula is C11H16N4OS. The molecule has 0 saturated heterocycles. The molecule has 6 heteroatoms. The van der Waals surface area contributed by atoms with Gasteiger partial charge in [0.2, 0.25) is 0 Å². The fraction of sp³-hybridized carbons (Fsp3) is 0.455. The molecule has 2 aromatic heterocycles. The second-order valence-corrected chi connectivity index (χ2v) is 4.48. The standard InChI is InChI=1S/C11H16N4OS/c1-9(11-7-17-8-12-11)14-10-5-13-15(6-10)3-4-16-2/h5-9,14H,3-4H2,1-2H3. The lowest BCUT2D eigenvalue weighted by atomic mass is 10.2. The molecule has 0 fully saturated rings. The Labute approximate surface area is 104 Å². The second-order valence-electron chi connectivity index (χ2n) is 3.76. The molecule has 92 valence electrons. The molecule has 0 saturated carbocycles. The average Bonchev–Trinajstić information content (AvgIpc) is 2.97. The van der Waals surface area contributed by atoms with E-state index >= 15 is 0 Å². The van der Waals surface area contributed by atoms with Crippen molar-refractivity contribution in [2.45, 2.75) is 19.5 Å². The number of anilines is 1. The quantitative estimate of drug-likeness (QED) is 0.856. The van der Waals surface area contributed by atoms with E-state index in [1.807, 2.05) is 28.0 Å². The number of nitrogens with one attached hydrogen (secondary N) is 1. The van der Waals surface area contributed by atoms with Crippen LogP contribution in [-0.2, 0) is 11.3 Å². The normalized spacial score (nSPS) is 12.6. The summed E-state index contributed by atoms with van der Waals surface area (Å²) < 4.78 is 6.87. The third kappa shape index (κ3) is 3.28. The highest BCUT2D eigenvalue weighted by molar-refractivity contribution is 7.07. The summed E-state index contributed by atoms with van der Waals surface area (Å²) in [6.07, 6.45) is 3.79. The van der Waals surface area contributed by atoms with E-state index in [1.54, 1.807) is 18.4 Å². The summed E-state index contributed by atoms with van der Waals surface area (Å²) in [5.41, 5.74) is 3.90. The van der Waals surface area contributed by atoms with Crippen molar-refractivity contribution in [2.24, 2.45) is 0 Å². The Balaban J connectivity index is 1.92. The van der Waals surface area contributed by atoms with Gasteiger partial charge in [-0.25, -0.2) is 4.98 Å². The van der Waals surface area contributed by atoms with Gasteiger partial charge in [-0.2, -0.15) is 5.10 Å². The van der Waals surface area contributed by atoms with Crippen LogP contribution in [0.3, 0.4) is 0 Å². The van der Waals surface area contributed by atoms with Gasteiger partial charge < -0.3 is 10.1 Å². The number of methoxy groups -OCH3 is 1. The van der Waals surface area contributed by atoms with Crippen LogP contribution in [0.4, 0.5) is 5.69 Å². The lowest BCUT2D eigenvalue weighted by molar-refractivity contribution is 0.183. The smallest absolute Gasteiger partial charge is 0.0795 e. The van der Waals surface area contributed by atoms with E-state index in [0.717, 1.165) is 17.9 Å². The van der Waals surface area contributed by atoms with Gasteiger partial charge in [-0.05, 0) is 6.92 Å². The third-order valence-corrected chi connectivity index (χ3v) is 3.04. The number of hydrogen-bond donors (Lipinski definition) is 1. The number of rotatable bonds is 6. The van der Waals surface area contributed by atoms with Crippen LogP contribution in [0.25, 0.3) is 0 Å². The van der Waals surface area contributed by atoms with Gasteiger partial charge in [0.15, 0.2) is 0 Å². The first-order chi connectivity index (χ1) is 8.29. The Morgan fingerprint density at radius 3 is 3.18 bits per heavy atom. The van der Waals surface area contributed by atoms with Gasteiger partial charge in [0.25, 0.3) is 0 Å². The third-order valence-electron chi connectivity index (χ3n) is 2.44. The molecule has 1 unspecified atom stereocenters. The van der Waals surface area contributed by atoms with Gasteiger partial charge in [0.1, 0.15) is 0 Å². The molecule has 1 atom stereocenters. The SMILES string of the molecule is COCCn1cc(NC(C)c2cscn2)cn1. The summed E-state index contributed by atoms with van der Waals surface area (Å²) in [4.78, 5) is 4.28. The fourth-order valence-electron chi connectivity index (χ4n) is 1.50. The molecule has 2 heterocycles.